The van der Waals surface area contributed by atoms with Crippen LogP contribution < -0.4 is 5.73 Å². The van der Waals surface area contributed by atoms with E-state index in [0.29, 0.717) is 18.9 Å². The summed E-state index contributed by atoms with van der Waals surface area (Å²) in [6.07, 6.45) is 1.23. The Morgan fingerprint density at radius 1 is 1.40 bits per heavy atom. The van der Waals surface area contributed by atoms with Crippen molar-refractivity contribution < 1.29 is 17.7 Å². The number of nitro groups is 1. The average molecular weight is 303 g/mol. The van der Waals surface area contributed by atoms with Gasteiger partial charge >= 0.3 is 0 Å². The summed E-state index contributed by atoms with van der Waals surface area (Å²) in [4.78, 5) is 9.47. The maximum Gasteiger partial charge on any atom is 0.292 e. The maximum atomic E-state index is 13.1. The summed E-state index contributed by atoms with van der Waals surface area (Å²) in [7, 11) is -4.10. The Bertz CT molecular complexity index is 635. The van der Waals surface area contributed by atoms with E-state index < -0.39 is 37.5 Å². The lowest BCUT2D eigenvalue weighted by Crippen LogP contribution is -2.48. The van der Waals surface area contributed by atoms with E-state index in [-0.39, 0.29) is 6.54 Å². The van der Waals surface area contributed by atoms with Gasteiger partial charge in [-0.15, -0.1) is 0 Å². The minimum atomic E-state index is -4.10. The molecule has 0 bridgehead atoms. The van der Waals surface area contributed by atoms with Crippen molar-refractivity contribution in [2.24, 2.45) is 5.73 Å². The highest BCUT2D eigenvalue weighted by atomic mass is 32.2. The maximum absolute atomic E-state index is 13.1. The van der Waals surface area contributed by atoms with Crippen LogP contribution in [0, 0.1) is 15.9 Å². The normalized spacial score (nSPS) is 20.8. The summed E-state index contributed by atoms with van der Waals surface area (Å²) < 4.78 is 39.0. The summed E-state index contributed by atoms with van der Waals surface area (Å²) in [5.41, 5.74) is 4.99. The van der Waals surface area contributed by atoms with E-state index in [1.165, 1.54) is 0 Å². The number of hydrogen-bond donors (Lipinski definition) is 1. The van der Waals surface area contributed by atoms with Gasteiger partial charge in [-0.2, -0.15) is 4.31 Å². The highest BCUT2D eigenvalue weighted by Crippen LogP contribution is 2.30. The topological polar surface area (TPSA) is 107 Å². The quantitative estimate of drug-likeness (QED) is 0.667. The molecule has 1 aromatic carbocycles. The van der Waals surface area contributed by atoms with Gasteiger partial charge in [-0.3, -0.25) is 10.1 Å². The van der Waals surface area contributed by atoms with Gasteiger partial charge in [0.15, 0.2) is 4.90 Å². The van der Waals surface area contributed by atoms with Crippen molar-refractivity contribution in [3.63, 3.8) is 0 Å². The monoisotopic (exact) mass is 303 g/mol. The molecule has 0 aromatic heterocycles. The number of nitro benzene ring substituents is 1. The van der Waals surface area contributed by atoms with Crippen molar-refractivity contribution in [1.82, 2.24) is 4.31 Å². The number of benzene rings is 1. The van der Waals surface area contributed by atoms with Gasteiger partial charge < -0.3 is 5.73 Å². The van der Waals surface area contributed by atoms with Crippen LogP contribution in [0.3, 0.4) is 0 Å². The second-order valence-corrected chi connectivity index (χ2v) is 6.41. The molecule has 1 heterocycles. The number of piperidine rings is 1. The molecule has 2 N–H and O–H groups in total. The van der Waals surface area contributed by atoms with E-state index >= 15 is 0 Å². The van der Waals surface area contributed by atoms with Gasteiger partial charge in [0.2, 0.25) is 0 Å². The van der Waals surface area contributed by atoms with Gasteiger partial charge in [0.25, 0.3) is 15.7 Å². The highest BCUT2D eigenvalue weighted by molar-refractivity contribution is 7.89. The van der Waals surface area contributed by atoms with Crippen LogP contribution in [0.5, 0.6) is 0 Å². The molecule has 0 saturated carbocycles. The van der Waals surface area contributed by atoms with Gasteiger partial charge in [0.05, 0.1) is 17.2 Å². The summed E-state index contributed by atoms with van der Waals surface area (Å²) in [6, 6.07) is 2.39. The molecule has 1 aromatic rings. The molecule has 0 spiro atoms. The van der Waals surface area contributed by atoms with Crippen LogP contribution >= 0.6 is 0 Å². The summed E-state index contributed by atoms with van der Waals surface area (Å²) in [5.74, 6) is -0.862. The Balaban J connectivity index is 2.51. The lowest BCUT2D eigenvalue weighted by molar-refractivity contribution is -0.388. The van der Waals surface area contributed by atoms with Crippen molar-refractivity contribution in [3.05, 3.63) is 34.1 Å². The zero-order valence-corrected chi connectivity index (χ0v) is 11.3. The van der Waals surface area contributed by atoms with E-state index in [1.54, 1.807) is 0 Å². The number of halogens is 1. The first-order valence-corrected chi connectivity index (χ1v) is 7.49. The predicted octanol–water partition coefficient (Wildman–Crippen LogP) is 1.19. The molecule has 1 unspecified atom stereocenters. The molecule has 20 heavy (non-hydrogen) atoms. The van der Waals surface area contributed by atoms with E-state index in [2.05, 4.69) is 0 Å². The van der Waals surface area contributed by atoms with Crippen molar-refractivity contribution in [2.75, 3.05) is 6.54 Å². The molecular weight excluding hydrogens is 289 g/mol. The minimum absolute atomic E-state index is 0.206. The summed E-state index contributed by atoms with van der Waals surface area (Å²) in [6.45, 7) is 0.206. The first-order chi connectivity index (χ1) is 9.34. The largest absolute Gasteiger partial charge is 0.315 e. The highest BCUT2D eigenvalue weighted by Gasteiger charge is 2.36. The Labute approximate surface area is 115 Å². The third-order valence-corrected chi connectivity index (χ3v) is 5.17. The molecule has 0 amide bonds. The van der Waals surface area contributed by atoms with Crippen LogP contribution in [0.1, 0.15) is 19.3 Å². The Morgan fingerprint density at radius 3 is 2.70 bits per heavy atom. The molecule has 9 heteroatoms. The van der Waals surface area contributed by atoms with Gasteiger partial charge in [0, 0.05) is 6.54 Å². The zero-order valence-electron chi connectivity index (χ0n) is 10.5. The molecule has 0 aliphatic carbocycles. The van der Waals surface area contributed by atoms with Crippen LogP contribution in [0.4, 0.5) is 10.1 Å². The second kappa shape index (κ2) is 5.43. The van der Waals surface area contributed by atoms with Crippen LogP contribution in [0.15, 0.2) is 23.1 Å². The Kier molecular flexibility index (Phi) is 4.02. The van der Waals surface area contributed by atoms with Gasteiger partial charge in [-0.05, 0) is 31.4 Å². The SMILES string of the molecule is NC1CCCCN1S(=O)(=O)c1ccc(F)cc1[N+](=O)[O-]. The Hall–Kier alpha value is -1.58. The predicted molar refractivity (Wildman–Crippen MR) is 68.8 cm³/mol. The van der Waals surface area contributed by atoms with Crippen LogP contribution in [0.2, 0.25) is 0 Å². The fraction of sp³-hybridized carbons (Fsp3) is 0.455. The van der Waals surface area contributed by atoms with Crippen LogP contribution in [0.25, 0.3) is 0 Å². The fourth-order valence-electron chi connectivity index (χ4n) is 2.21. The molecule has 1 atom stereocenters. The molecule has 2 rings (SSSR count). The third-order valence-electron chi connectivity index (χ3n) is 3.20. The number of hydrogen-bond acceptors (Lipinski definition) is 5. The van der Waals surface area contributed by atoms with Gasteiger partial charge in [0.1, 0.15) is 5.82 Å². The van der Waals surface area contributed by atoms with Gasteiger partial charge in [-0.25, -0.2) is 12.8 Å². The third kappa shape index (κ3) is 2.65. The molecule has 7 nitrogen and oxygen atoms in total. The van der Waals surface area contributed by atoms with E-state index in [4.69, 9.17) is 5.73 Å². The second-order valence-electron chi connectivity index (χ2n) is 4.55. The van der Waals surface area contributed by atoms with E-state index in [9.17, 15) is 22.9 Å². The molecule has 1 fully saturated rings. The molecule has 1 aliphatic heterocycles. The lowest BCUT2D eigenvalue weighted by Gasteiger charge is -2.31. The summed E-state index contributed by atoms with van der Waals surface area (Å²) >= 11 is 0. The first kappa shape index (κ1) is 14.8. The number of nitrogens with zero attached hydrogens (tertiary/aromatic N) is 2. The number of rotatable bonds is 3. The molecule has 0 radical (unpaired) electrons. The van der Waals surface area contributed by atoms with Crippen LogP contribution in [-0.2, 0) is 10.0 Å². The minimum Gasteiger partial charge on any atom is -0.315 e. The molecular formula is C11H14FN3O4S. The van der Waals surface area contributed by atoms with Crippen molar-refractivity contribution in [1.29, 1.82) is 0 Å². The number of sulfonamides is 1. The smallest absolute Gasteiger partial charge is 0.292 e. The van der Waals surface area contributed by atoms with E-state index in [0.717, 1.165) is 22.9 Å². The standard InChI is InChI=1S/C11H14FN3O4S/c12-8-4-5-10(9(7-8)15(16)17)20(18,19)14-6-2-1-3-11(14)13/h4-5,7,11H,1-3,6,13H2. The van der Waals surface area contributed by atoms with E-state index in [1.807, 2.05) is 0 Å². The molecule has 1 saturated heterocycles. The zero-order chi connectivity index (χ0) is 14.9. The molecule has 110 valence electrons. The van der Waals surface area contributed by atoms with Crippen molar-refractivity contribution >= 4 is 15.7 Å². The van der Waals surface area contributed by atoms with Crippen LogP contribution in [-0.4, -0.2) is 30.4 Å². The van der Waals surface area contributed by atoms with Crippen molar-refractivity contribution in [3.8, 4) is 0 Å². The summed E-state index contributed by atoms with van der Waals surface area (Å²) in [5, 5.41) is 10.9. The van der Waals surface area contributed by atoms with Gasteiger partial charge in [-0.1, -0.05) is 0 Å². The Morgan fingerprint density at radius 2 is 2.10 bits per heavy atom. The van der Waals surface area contributed by atoms with Crippen molar-refractivity contribution in [2.45, 2.75) is 30.3 Å². The fourth-order valence-corrected chi connectivity index (χ4v) is 3.93. The number of nitrogens with two attached hydrogens (primary N) is 1. The lowest BCUT2D eigenvalue weighted by atomic mass is 10.1. The first-order valence-electron chi connectivity index (χ1n) is 6.05. The average Bonchev–Trinajstić information content (AvgIpc) is 2.38. The molecule has 1 aliphatic rings.